The Balaban J connectivity index is 1.79. The van der Waals surface area contributed by atoms with Gasteiger partial charge in [0.1, 0.15) is 17.4 Å². The number of benzene rings is 1. The van der Waals surface area contributed by atoms with Crippen LogP contribution in [0, 0.1) is 11.8 Å². The number of amides is 3. The van der Waals surface area contributed by atoms with Crippen molar-refractivity contribution in [2.24, 2.45) is 11.8 Å². The highest BCUT2D eigenvalue weighted by atomic mass is 16.5. The molecular formula is C30H41N3O6. The van der Waals surface area contributed by atoms with Crippen LogP contribution >= 0.6 is 0 Å². The van der Waals surface area contributed by atoms with Gasteiger partial charge in [0, 0.05) is 39.0 Å². The molecule has 1 spiro atoms. The number of fused-ring (bicyclic) bond motifs is 1. The van der Waals surface area contributed by atoms with Crippen LogP contribution in [0.1, 0.15) is 39.0 Å². The number of nitrogens with zero attached hydrogens (tertiary/aromatic N) is 3. The molecule has 0 aliphatic carbocycles. The highest BCUT2D eigenvalue weighted by molar-refractivity contribution is 6.05. The van der Waals surface area contributed by atoms with Gasteiger partial charge in [0.05, 0.1) is 24.5 Å². The third-order valence-electron chi connectivity index (χ3n) is 8.73. The summed E-state index contributed by atoms with van der Waals surface area (Å²) in [7, 11) is 3.29. The lowest BCUT2D eigenvalue weighted by Gasteiger charge is -2.37. The summed E-state index contributed by atoms with van der Waals surface area (Å²) in [6.07, 6.45) is 6.03. The predicted octanol–water partition coefficient (Wildman–Crippen LogP) is 2.79. The summed E-state index contributed by atoms with van der Waals surface area (Å²) in [4.78, 5) is 47.4. The first-order chi connectivity index (χ1) is 18.7. The van der Waals surface area contributed by atoms with E-state index < -0.39 is 29.1 Å². The summed E-state index contributed by atoms with van der Waals surface area (Å²) in [6, 6.07) is 6.28. The molecule has 1 N–H and O–H groups in total. The molecule has 2 unspecified atom stereocenters. The van der Waals surface area contributed by atoms with E-state index in [0.717, 1.165) is 0 Å². The Labute approximate surface area is 231 Å². The summed E-state index contributed by atoms with van der Waals surface area (Å²) < 4.78 is 12.1. The Morgan fingerprint density at radius 2 is 1.85 bits per heavy atom. The average Bonchev–Trinajstić information content (AvgIpc) is 3.55. The van der Waals surface area contributed by atoms with Crippen LogP contribution in [0.5, 0.6) is 5.75 Å². The van der Waals surface area contributed by atoms with Crippen molar-refractivity contribution in [3.63, 3.8) is 0 Å². The standard InChI is InChI=1S/C30H41N3O6/c1-6-17-31(4)26(35)23-24-27(36)33(19-9-10-20-34)25(30(24)16-15-29(23,8-3)39-30)28(37)32(18-7-2)21-11-13-22(38-5)14-12-21/h6-7,11-14,23-25,34H,1-2,8-10,15-20H2,3-5H3/t23-,24-,25?,29+,30?/m0/s1. The maximum Gasteiger partial charge on any atom is 0.253 e. The zero-order valence-electron chi connectivity index (χ0n) is 23.3. The van der Waals surface area contributed by atoms with Gasteiger partial charge in [0.2, 0.25) is 11.8 Å². The number of carbonyl (C=O) groups is 3. The van der Waals surface area contributed by atoms with E-state index in [0.29, 0.717) is 56.6 Å². The van der Waals surface area contributed by atoms with Crippen molar-refractivity contribution in [2.75, 3.05) is 45.3 Å². The lowest BCUT2D eigenvalue weighted by molar-refractivity contribution is -0.150. The number of methoxy groups -OCH3 is 1. The van der Waals surface area contributed by atoms with Crippen LogP contribution in [0.15, 0.2) is 49.6 Å². The molecule has 5 atom stereocenters. The van der Waals surface area contributed by atoms with E-state index in [1.807, 2.05) is 6.92 Å². The van der Waals surface area contributed by atoms with Gasteiger partial charge in [-0.15, -0.1) is 13.2 Å². The van der Waals surface area contributed by atoms with Crippen molar-refractivity contribution in [3.8, 4) is 5.75 Å². The van der Waals surface area contributed by atoms with Crippen molar-refractivity contribution in [1.82, 2.24) is 9.80 Å². The Hall–Kier alpha value is -3.17. The fourth-order valence-corrected chi connectivity index (χ4v) is 6.89. The van der Waals surface area contributed by atoms with Crippen molar-refractivity contribution in [1.29, 1.82) is 0 Å². The number of anilines is 1. The van der Waals surface area contributed by atoms with E-state index in [1.165, 1.54) is 0 Å². The first-order valence-corrected chi connectivity index (χ1v) is 13.8. The first-order valence-electron chi connectivity index (χ1n) is 13.8. The van der Waals surface area contributed by atoms with Crippen molar-refractivity contribution in [3.05, 3.63) is 49.6 Å². The van der Waals surface area contributed by atoms with Gasteiger partial charge in [-0.3, -0.25) is 14.4 Å². The van der Waals surface area contributed by atoms with Crippen LogP contribution in [-0.4, -0.2) is 90.3 Å². The number of carbonyl (C=O) groups excluding carboxylic acids is 3. The minimum atomic E-state index is -1.11. The maximum absolute atomic E-state index is 14.5. The second-order valence-electron chi connectivity index (χ2n) is 10.7. The maximum atomic E-state index is 14.5. The van der Waals surface area contributed by atoms with Gasteiger partial charge in [-0.25, -0.2) is 0 Å². The van der Waals surface area contributed by atoms with E-state index in [4.69, 9.17) is 9.47 Å². The summed E-state index contributed by atoms with van der Waals surface area (Å²) in [5, 5.41) is 9.40. The third kappa shape index (κ3) is 4.65. The molecule has 212 valence electrons. The summed E-state index contributed by atoms with van der Waals surface area (Å²) in [5.41, 5.74) is -1.25. The fraction of sp³-hybridized carbons (Fsp3) is 0.567. The zero-order valence-corrected chi connectivity index (χ0v) is 23.3. The van der Waals surface area contributed by atoms with Crippen LogP contribution in [-0.2, 0) is 19.1 Å². The topological polar surface area (TPSA) is 99.6 Å². The molecular weight excluding hydrogens is 498 g/mol. The average molecular weight is 540 g/mol. The Kier molecular flexibility index (Phi) is 8.51. The molecule has 1 aromatic rings. The number of rotatable bonds is 13. The smallest absolute Gasteiger partial charge is 0.253 e. The Bertz CT molecular complexity index is 1110. The van der Waals surface area contributed by atoms with E-state index in [1.54, 1.807) is 65.3 Å². The molecule has 9 nitrogen and oxygen atoms in total. The predicted molar refractivity (Wildman–Crippen MR) is 148 cm³/mol. The molecule has 0 saturated carbocycles. The van der Waals surface area contributed by atoms with Gasteiger partial charge in [-0.2, -0.15) is 0 Å². The second kappa shape index (κ2) is 11.5. The van der Waals surface area contributed by atoms with Gasteiger partial charge in [-0.05, 0) is 56.4 Å². The number of likely N-dealkylation sites (tertiary alicyclic amines) is 1. The van der Waals surface area contributed by atoms with Crippen molar-refractivity contribution >= 4 is 23.4 Å². The van der Waals surface area contributed by atoms with Gasteiger partial charge < -0.3 is 29.3 Å². The number of unbranched alkanes of at least 4 members (excludes halogenated alkanes) is 1. The lowest BCUT2D eigenvalue weighted by atomic mass is 9.64. The van der Waals surface area contributed by atoms with Gasteiger partial charge in [0.15, 0.2) is 0 Å². The summed E-state index contributed by atoms with van der Waals surface area (Å²) >= 11 is 0. The molecule has 39 heavy (non-hydrogen) atoms. The minimum absolute atomic E-state index is 0.00738. The van der Waals surface area contributed by atoms with E-state index in [2.05, 4.69) is 13.2 Å². The number of ether oxygens (including phenoxy) is 2. The quantitative estimate of drug-likeness (QED) is 0.306. The van der Waals surface area contributed by atoms with E-state index >= 15 is 0 Å². The number of hydrogen-bond acceptors (Lipinski definition) is 6. The molecule has 9 heteroatoms. The number of aliphatic hydroxyl groups excluding tert-OH is 1. The Morgan fingerprint density at radius 3 is 2.44 bits per heavy atom. The van der Waals surface area contributed by atoms with Crippen molar-refractivity contribution in [2.45, 2.75) is 56.3 Å². The molecule has 3 fully saturated rings. The van der Waals surface area contributed by atoms with Gasteiger partial charge >= 0.3 is 0 Å². The summed E-state index contributed by atoms with van der Waals surface area (Å²) in [5.74, 6) is -1.41. The molecule has 0 aromatic heterocycles. The van der Waals surface area contributed by atoms with Crippen LogP contribution in [0.2, 0.25) is 0 Å². The molecule has 3 aliphatic heterocycles. The monoisotopic (exact) mass is 539 g/mol. The highest BCUT2D eigenvalue weighted by Crippen LogP contribution is 2.64. The highest BCUT2D eigenvalue weighted by Gasteiger charge is 2.78. The van der Waals surface area contributed by atoms with Crippen LogP contribution in [0.3, 0.4) is 0 Å². The lowest BCUT2D eigenvalue weighted by Crippen LogP contribution is -2.56. The SMILES string of the molecule is C=CCN(C)C(=O)[C@@H]1[C@H]2C(=O)N(CCCCO)C(C(=O)N(CC=C)c3ccc(OC)cc3)C23CC[C@@]1(CC)O3. The largest absolute Gasteiger partial charge is 0.497 e. The van der Waals surface area contributed by atoms with E-state index in [9.17, 15) is 19.5 Å². The van der Waals surface area contributed by atoms with Crippen LogP contribution in [0.25, 0.3) is 0 Å². The normalized spacial score (nSPS) is 28.8. The molecule has 1 aromatic carbocycles. The number of aliphatic hydroxyl groups is 1. The summed E-state index contributed by atoms with van der Waals surface area (Å²) in [6.45, 7) is 10.5. The molecule has 3 heterocycles. The first kappa shape index (κ1) is 28.8. The zero-order chi connectivity index (χ0) is 28.4. The molecule has 2 bridgehead atoms. The van der Waals surface area contributed by atoms with Crippen molar-refractivity contribution < 1.29 is 29.0 Å². The number of likely N-dealkylation sites (N-methyl/N-ethyl adjacent to an activating group) is 1. The number of hydrogen-bond donors (Lipinski definition) is 1. The molecule has 3 saturated heterocycles. The molecule has 3 amide bonds. The van der Waals surface area contributed by atoms with Gasteiger partial charge in [-0.1, -0.05) is 19.1 Å². The third-order valence-corrected chi connectivity index (χ3v) is 8.73. The van der Waals surface area contributed by atoms with Crippen LogP contribution < -0.4 is 9.64 Å². The Morgan fingerprint density at radius 1 is 1.15 bits per heavy atom. The molecule has 4 rings (SSSR count). The fourth-order valence-electron chi connectivity index (χ4n) is 6.89. The molecule has 3 aliphatic rings. The van der Waals surface area contributed by atoms with Crippen LogP contribution in [0.4, 0.5) is 5.69 Å². The van der Waals surface area contributed by atoms with Gasteiger partial charge in [0.25, 0.3) is 5.91 Å². The molecule has 0 radical (unpaired) electrons. The van der Waals surface area contributed by atoms with E-state index in [-0.39, 0.29) is 30.9 Å². The minimum Gasteiger partial charge on any atom is -0.497 e. The second-order valence-corrected chi connectivity index (χ2v) is 10.7.